The summed E-state index contributed by atoms with van der Waals surface area (Å²) in [7, 11) is 0. The second kappa shape index (κ2) is 10.4. The Balaban J connectivity index is 0. The van der Waals surface area contributed by atoms with Gasteiger partial charge in [0.1, 0.15) is 0 Å². The predicted molar refractivity (Wildman–Crippen MR) is 55.0 cm³/mol. The molecule has 0 bridgehead atoms. The SMILES string of the molecule is NCCN.O.Oc1ccccc1[CH]=[Fe]. The van der Waals surface area contributed by atoms with Gasteiger partial charge in [-0.2, -0.15) is 0 Å². The van der Waals surface area contributed by atoms with Crippen LogP contribution in [0, 0.1) is 0 Å². The number of hydrogen-bond acceptors (Lipinski definition) is 3. The number of rotatable bonds is 2. The summed E-state index contributed by atoms with van der Waals surface area (Å²) in [4.78, 5) is 1.62. The maximum atomic E-state index is 9.04. The van der Waals surface area contributed by atoms with Crippen LogP contribution in [0.4, 0.5) is 0 Å². The van der Waals surface area contributed by atoms with E-state index in [4.69, 9.17) is 16.6 Å². The van der Waals surface area contributed by atoms with Crippen molar-refractivity contribution < 1.29 is 26.2 Å². The van der Waals surface area contributed by atoms with Gasteiger partial charge in [0.2, 0.25) is 0 Å². The maximum absolute atomic E-state index is 9.04. The van der Waals surface area contributed by atoms with Crippen molar-refractivity contribution in [2.75, 3.05) is 13.1 Å². The number of phenols is 1. The standard InChI is InChI=1S/C7H6O.C2H8N2.Fe.H2O/c1-6-4-2-3-5-7(6)8;3-1-2-4;;/h1-5,8H;1-4H2;;1H2. The van der Waals surface area contributed by atoms with Crippen molar-refractivity contribution in [2.24, 2.45) is 11.5 Å². The molecule has 0 aromatic heterocycles. The van der Waals surface area contributed by atoms with Gasteiger partial charge in [-0.3, -0.25) is 0 Å². The zero-order chi connectivity index (χ0) is 10.1. The molecule has 1 aromatic carbocycles. The summed E-state index contributed by atoms with van der Waals surface area (Å²) >= 11 is 3.53. The molecule has 0 aliphatic rings. The first-order valence-electron chi connectivity index (χ1n) is 3.86. The Morgan fingerprint density at radius 2 is 1.71 bits per heavy atom. The van der Waals surface area contributed by atoms with Crippen LogP contribution in [0.5, 0.6) is 5.75 Å². The third kappa shape index (κ3) is 6.77. The Morgan fingerprint density at radius 1 is 1.21 bits per heavy atom. The number of hydrogen-bond donors (Lipinski definition) is 3. The molecule has 0 aliphatic heterocycles. The van der Waals surface area contributed by atoms with Crippen molar-refractivity contribution in [3.63, 3.8) is 0 Å². The van der Waals surface area contributed by atoms with E-state index in [0.717, 1.165) is 5.56 Å². The number of phenolic OH excluding ortho intramolecular Hbond substituents is 1. The normalized spacial score (nSPS) is 7.93. The molecule has 82 valence electrons. The van der Waals surface area contributed by atoms with Crippen molar-refractivity contribution in [1.82, 2.24) is 0 Å². The minimum atomic E-state index is 0. The molecule has 0 aliphatic carbocycles. The molecule has 0 atom stereocenters. The topological polar surface area (TPSA) is 104 Å². The van der Waals surface area contributed by atoms with Gasteiger partial charge in [-0.25, -0.2) is 0 Å². The Kier molecular flexibility index (Phi) is 11.7. The molecule has 4 nitrogen and oxygen atoms in total. The second-order valence-electron chi connectivity index (χ2n) is 2.24. The van der Waals surface area contributed by atoms with E-state index in [2.05, 4.69) is 15.6 Å². The molecule has 1 aromatic rings. The summed E-state index contributed by atoms with van der Waals surface area (Å²) in [5, 5.41) is 9.04. The van der Waals surface area contributed by atoms with Crippen LogP contribution in [0.2, 0.25) is 0 Å². The number of aromatic hydroxyl groups is 1. The van der Waals surface area contributed by atoms with Gasteiger partial charge in [0.05, 0.1) is 0 Å². The first-order chi connectivity index (χ1) is 6.26. The number of benzene rings is 1. The van der Waals surface area contributed by atoms with E-state index in [-0.39, 0.29) is 11.2 Å². The van der Waals surface area contributed by atoms with Crippen LogP contribution in [0.25, 0.3) is 0 Å². The van der Waals surface area contributed by atoms with E-state index in [1.54, 1.807) is 17.1 Å². The quantitative estimate of drug-likeness (QED) is 0.587. The van der Waals surface area contributed by atoms with Crippen molar-refractivity contribution in [3.8, 4) is 5.75 Å². The molecule has 0 unspecified atom stereocenters. The first kappa shape index (κ1) is 15.7. The molecule has 14 heavy (non-hydrogen) atoms. The van der Waals surface area contributed by atoms with E-state index in [9.17, 15) is 0 Å². The van der Waals surface area contributed by atoms with Crippen LogP contribution in [0.1, 0.15) is 5.56 Å². The molecule has 0 saturated carbocycles. The van der Waals surface area contributed by atoms with Crippen molar-refractivity contribution in [1.29, 1.82) is 0 Å². The fourth-order valence-corrected chi connectivity index (χ4v) is 0.843. The van der Waals surface area contributed by atoms with E-state index < -0.39 is 0 Å². The van der Waals surface area contributed by atoms with Crippen LogP contribution in [-0.4, -0.2) is 28.6 Å². The molecule has 0 heterocycles. The van der Waals surface area contributed by atoms with Crippen LogP contribution < -0.4 is 11.5 Å². The van der Waals surface area contributed by atoms with Crippen LogP contribution in [0.15, 0.2) is 24.3 Å². The van der Waals surface area contributed by atoms with E-state index in [1.165, 1.54) is 0 Å². The Labute approximate surface area is 91.6 Å². The van der Waals surface area contributed by atoms with Gasteiger partial charge in [0, 0.05) is 13.1 Å². The van der Waals surface area contributed by atoms with Crippen LogP contribution in [0.3, 0.4) is 0 Å². The van der Waals surface area contributed by atoms with Gasteiger partial charge >= 0.3 is 61.2 Å². The molecule has 1 rings (SSSR count). The summed E-state index contributed by atoms with van der Waals surface area (Å²) in [5.74, 6) is 0.285. The van der Waals surface area contributed by atoms with Crippen molar-refractivity contribution in [2.45, 2.75) is 0 Å². The molecule has 7 N–H and O–H groups in total. The number of para-hydroxylation sites is 1. The minimum absolute atomic E-state index is 0. The average Bonchev–Trinajstić information content (AvgIpc) is 2.19. The number of nitrogens with two attached hydrogens (primary N) is 2. The summed E-state index contributed by atoms with van der Waals surface area (Å²) in [5.41, 5.74) is 10.6. The van der Waals surface area contributed by atoms with Gasteiger partial charge < -0.3 is 16.9 Å². The summed E-state index contributed by atoms with van der Waals surface area (Å²) in [6.07, 6.45) is 0. The van der Waals surface area contributed by atoms with Gasteiger partial charge in [-0.1, -0.05) is 0 Å². The van der Waals surface area contributed by atoms with Gasteiger partial charge in [-0.15, -0.1) is 0 Å². The van der Waals surface area contributed by atoms with Gasteiger partial charge in [-0.05, 0) is 0 Å². The molecule has 0 fully saturated rings. The molecular formula is C9H16FeN2O2. The molecular weight excluding hydrogens is 224 g/mol. The second-order valence-corrected chi connectivity index (χ2v) is 2.56. The Morgan fingerprint density at radius 3 is 2.00 bits per heavy atom. The third-order valence-corrected chi connectivity index (χ3v) is 1.56. The van der Waals surface area contributed by atoms with Gasteiger partial charge in [0.15, 0.2) is 0 Å². The van der Waals surface area contributed by atoms with E-state index in [1.807, 2.05) is 12.1 Å². The van der Waals surface area contributed by atoms with Crippen molar-refractivity contribution >= 4 is 4.92 Å². The average molecular weight is 240 g/mol. The zero-order valence-corrected chi connectivity index (χ0v) is 8.86. The fourth-order valence-electron chi connectivity index (χ4n) is 0.574. The monoisotopic (exact) mass is 240 g/mol. The molecule has 0 spiro atoms. The third-order valence-electron chi connectivity index (χ3n) is 1.21. The first-order valence-corrected chi connectivity index (χ1v) is 4.50. The zero-order valence-electron chi connectivity index (χ0n) is 7.76. The van der Waals surface area contributed by atoms with E-state index >= 15 is 0 Å². The molecule has 5 heteroatoms. The fraction of sp³-hybridized carbons (Fsp3) is 0.222. The Bertz CT molecular complexity index is 254. The molecule has 0 radical (unpaired) electrons. The predicted octanol–water partition coefficient (Wildman–Crippen LogP) is -0.832. The summed E-state index contributed by atoms with van der Waals surface area (Å²) < 4.78 is 0. The van der Waals surface area contributed by atoms with Gasteiger partial charge in [0.25, 0.3) is 0 Å². The van der Waals surface area contributed by atoms with Crippen LogP contribution in [-0.2, 0) is 15.6 Å². The Hall–Kier alpha value is -0.711. The van der Waals surface area contributed by atoms with Crippen molar-refractivity contribution in [3.05, 3.63) is 29.8 Å². The van der Waals surface area contributed by atoms with Crippen LogP contribution >= 0.6 is 0 Å². The summed E-state index contributed by atoms with van der Waals surface area (Å²) in [6, 6.07) is 7.08. The molecule has 0 amide bonds. The molecule has 0 saturated heterocycles. The summed E-state index contributed by atoms with van der Waals surface area (Å²) in [6.45, 7) is 1.19. The van der Waals surface area contributed by atoms with E-state index in [0.29, 0.717) is 13.1 Å².